The van der Waals surface area contributed by atoms with Gasteiger partial charge in [0, 0.05) is 42.5 Å². The molecule has 27 heavy (non-hydrogen) atoms. The Balaban J connectivity index is 1.71. The number of hydrogen-bond donors (Lipinski definition) is 0. The number of sulfonamides is 1. The molecular formula is C20H23N3O3S. The SMILES string of the molecule is COc1ccc(-c2nccn2C2CCN(S(C)(=O)=O)CC2)c2ccccc12. The second-order valence-corrected chi connectivity index (χ2v) is 8.89. The van der Waals surface area contributed by atoms with Crippen LogP contribution in [-0.2, 0) is 10.0 Å². The lowest BCUT2D eigenvalue weighted by Crippen LogP contribution is -2.38. The zero-order chi connectivity index (χ0) is 19.0. The van der Waals surface area contributed by atoms with Crippen LogP contribution in [0, 0.1) is 0 Å². The number of ether oxygens (including phenoxy) is 1. The topological polar surface area (TPSA) is 64.4 Å². The monoisotopic (exact) mass is 385 g/mol. The van der Waals surface area contributed by atoms with E-state index in [0.29, 0.717) is 13.1 Å². The second-order valence-electron chi connectivity index (χ2n) is 6.91. The zero-order valence-corrected chi connectivity index (χ0v) is 16.3. The minimum absolute atomic E-state index is 0.237. The van der Waals surface area contributed by atoms with Crippen LogP contribution in [0.3, 0.4) is 0 Å². The molecule has 1 aliphatic rings. The number of aromatic nitrogens is 2. The summed E-state index contributed by atoms with van der Waals surface area (Å²) in [7, 11) is -1.44. The zero-order valence-electron chi connectivity index (χ0n) is 15.5. The smallest absolute Gasteiger partial charge is 0.211 e. The normalized spacial score (nSPS) is 16.7. The van der Waals surface area contributed by atoms with E-state index in [1.54, 1.807) is 11.4 Å². The van der Waals surface area contributed by atoms with Gasteiger partial charge in [-0.3, -0.25) is 0 Å². The summed E-state index contributed by atoms with van der Waals surface area (Å²) in [6.45, 7) is 1.09. The van der Waals surface area contributed by atoms with Gasteiger partial charge in [-0.05, 0) is 30.4 Å². The van der Waals surface area contributed by atoms with Crippen molar-refractivity contribution in [3.63, 3.8) is 0 Å². The van der Waals surface area contributed by atoms with E-state index in [1.807, 2.05) is 36.7 Å². The molecule has 0 atom stereocenters. The van der Waals surface area contributed by atoms with Crippen molar-refractivity contribution in [1.29, 1.82) is 0 Å². The largest absolute Gasteiger partial charge is 0.496 e. The number of nitrogens with zero attached hydrogens (tertiary/aromatic N) is 3. The molecule has 0 radical (unpaired) electrons. The van der Waals surface area contributed by atoms with Gasteiger partial charge in [-0.1, -0.05) is 24.3 Å². The van der Waals surface area contributed by atoms with Gasteiger partial charge in [-0.2, -0.15) is 0 Å². The van der Waals surface area contributed by atoms with E-state index in [1.165, 1.54) is 6.26 Å². The second kappa shape index (κ2) is 6.98. The minimum atomic E-state index is -3.12. The predicted molar refractivity (Wildman–Crippen MR) is 106 cm³/mol. The standard InChI is InChI=1S/C20H23N3O3S/c1-26-19-8-7-18(16-5-3-4-6-17(16)19)20-21-11-14-23(20)15-9-12-22(13-10-15)27(2,24)25/h3-8,11,14-15H,9-10,12-13H2,1-2H3. The number of imidazole rings is 1. The van der Waals surface area contributed by atoms with Crippen LogP contribution < -0.4 is 4.74 Å². The molecule has 2 aromatic carbocycles. The maximum atomic E-state index is 11.8. The number of fused-ring (bicyclic) bond motifs is 1. The Labute approximate surface area is 159 Å². The summed E-state index contributed by atoms with van der Waals surface area (Å²) in [5.41, 5.74) is 1.06. The fourth-order valence-corrected chi connectivity index (χ4v) is 4.79. The van der Waals surface area contributed by atoms with E-state index in [4.69, 9.17) is 4.74 Å². The van der Waals surface area contributed by atoms with Gasteiger partial charge in [0.1, 0.15) is 11.6 Å². The van der Waals surface area contributed by atoms with Crippen LogP contribution in [0.1, 0.15) is 18.9 Å². The molecule has 0 unspecified atom stereocenters. The molecule has 1 fully saturated rings. The van der Waals surface area contributed by atoms with Gasteiger partial charge in [0.25, 0.3) is 0 Å². The third-order valence-corrected chi connectivity index (χ3v) is 6.60. The molecule has 142 valence electrons. The fourth-order valence-electron chi connectivity index (χ4n) is 3.91. The lowest BCUT2D eigenvalue weighted by Gasteiger charge is -2.31. The first-order valence-electron chi connectivity index (χ1n) is 9.03. The van der Waals surface area contributed by atoms with Crippen molar-refractivity contribution in [3.05, 3.63) is 48.8 Å². The van der Waals surface area contributed by atoms with Crippen molar-refractivity contribution in [2.75, 3.05) is 26.5 Å². The minimum Gasteiger partial charge on any atom is -0.496 e. The summed E-state index contributed by atoms with van der Waals surface area (Å²) >= 11 is 0. The van der Waals surface area contributed by atoms with Crippen LogP contribution in [0.25, 0.3) is 22.2 Å². The summed E-state index contributed by atoms with van der Waals surface area (Å²) in [5.74, 6) is 1.75. The fraction of sp³-hybridized carbons (Fsp3) is 0.350. The molecule has 4 rings (SSSR count). The number of hydrogen-bond acceptors (Lipinski definition) is 4. The van der Waals surface area contributed by atoms with E-state index < -0.39 is 10.0 Å². The Kier molecular flexibility index (Phi) is 4.65. The Morgan fingerprint density at radius 3 is 2.44 bits per heavy atom. The average Bonchev–Trinajstić information content (AvgIpc) is 3.16. The predicted octanol–water partition coefficient (Wildman–Crippen LogP) is 3.31. The molecule has 2 heterocycles. The van der Waals surface area contributed by atoms with E-state index in [-0.39, 0.29) is 6.04 Å². The highest BCUT2D eigenvalue weighted by atomic mass is 32.2. The summed E-state index contributed by atoms with van der Waals surface area (Å²) in [6.07, 6.45) is 6.65. The third-order valence-electron chi connectivity index (χ3n) is 5.30. The van der Waals surface area contributed by atoms with Crippen molar-refractivity contribution in [2.24, 2.45) is 0 Å². The van der Waals surface area contributed by atoms with Gasteiger partial charge in [-0.25, -0.2) is 17.7 Å². The van der Waals surface area contributed by atoms with E-state index in [0.717, 1.165) is 40.8 Å². The van der Waals surface area contributed by atoms with Crippen LogP contribution >= 0.6 is 0 Å². The van der Waals surface area contributed by atoms with Crippen LogP contribution in [-0.4, -0.2) is 48.7 Å². The highest BCUT2D eigenvalue weighted by molar-refractivity contribution is 7.88. The van der Waals surface area contributed by atoms with Crippen LogP contribution in [0.5, 0.6) is 5.75 Å². The highest BCUT2D eigenvalue weighted by Gasteiger charge is 2.27. The first-order valence-corrected chi connectivity index (χ1v) is 10.9. The maximum Gasteiger partial charge on any atom is 0.211 e. The van der Waals surface area contributed by atoms with Crippen LogP contribution in [0.15, 0.2) is 48.8 Å². The first-order chi connectivity index (χ1) is 13.0. The number of benzene rings is 2. The summed E-state index contributed by atoms with van der Waals surface area (Å²) in [5, 5.41) is 2.15. The molecule has 0 aliphatic carbocycles. The summed E-state index contributed by atoms with van der Waals surface area (Å²) < 4.78 is 32.8. The highest BCUT2D eigenvalue weighted by Crippen LogP contribution is 2.36. The van der Waals surface area contributed by atoms with Gasteiger partial charge in [-0.15, -0.1) is 0 Å². The van der Waals surface area contributed by atoms with E-state index in [2.05, 4.69) is 21.7 Å². The molecule has 1 saturated heterocycles. The quantitative estimate of drug-likeness (QED) is 0.691. The summed E-state index contributed by atoms with van der Waals surface area (Å²) in [4.78, 5) is 4.63. The Hall–Kier alpha value is -2.38. The van der Waals surface area contributed by atoms with Gasteiger partial charge >= 0.3 is 0 Å². The molecule has 0 N–H and O–H groups in total. The number of methoxy groups -OCH3 is 1. The van der Waals surface area contributed by atoms with Crippen molar-refractivity contribution < 1.29 is 13.2 Å². The molecule has 1 aromatic heterocycles. The molecule has 0 saturated carbocycles. The molecule has 7 heteroatoms. The lowest BCUT2D eigenvalue weighted by molar-refractivity contribution is 0.276. The molecule has 0 spiro atoms. The van der Waals surface area contributed by atoms with Gasteiger partial charge in [0.15, 0.2) is 0 Å². The molecule has 0 bridgehead atoms. The maximum absolute atomic E-state index is 11.8. The number of rotatable bonds is 4. The van der Waals surface area contributed by atoms with E-state index in [9.17, 15) is 8.42 Å². The van der Waals surface area contributed by atoms with Crippen molar-refractivity contribution in [1.82, 2.24) is 13.9 Å². The molecule has 1 aliphatic heterocycles. The summed E-state index contributed by atoms with van der Waals surface area (Å²) in [6, 6.07) is 12.4. The Morgan fingerprint density at radius 1 is 1.07 bits per heavy atom. The molecule has 6 nitrogen and oxygen atoms in total. The Bertz CT molecular complexity index is 1070. The molecule has 3 aromatic rings. The van der Waals surface area contributed by atoms with Crippen LogP contribution in [0.4, 0.5) is 0 Å². The lowest BCUT2D eigenvalue weighted by atomic mass is 10.0. The van der Waals surface area contributed by atoms with Crippen LogP contribution in [0.2, 0.25) is 0 Å². The average molecular weight is 385 g/mol. The van der Waals surface area contributed by atoms with E-state index >= 15 is 0 Å². The van der Waals surface area contributed by atoms with Crippen molar-refractivity contribution in [3.8, 4) is 17.1 Å². The van der Waals surface area contributed by atoms with Gasteiger partial charge in [0.05, 0.1) is 13.4 Å². The first kappa shape index (κ1) is 18.0. The molecule has 0 amide bonds. The number of piperidine rings is 1. The molecular weight excluding hydrogens is 362 g/mol. The third kappa shape index (κ3) is 3.33. The van der Waals surface area contributed by atoms with Crippen molar-refractivity contribution in [2.45, 2.75) is 18.9 Å². The van der Waals surface area contributed by atoms with Gasteiger partial charge in [0.2, 0.25) is 10.0 Å². The Morgan fingerprint density at radius 2 is 1.78 bits per heavy atom. The van der Waals surface area contributed by atoms with Gasteiger partial charge < -0.3 is 9.30 Å². The van der Waals surface area contributed by atoms with Crippen molar-refractivity contribution >= 4 is 20.8 Å².